The van der Waals surface area contributed by atoms with E-state index in [0.717, 1.165) is 67.3 Å². The fourth-order valence-corrected chi connectivity index (χ4v) is 5.62. The first-order valence-corrected chi connectivity index (χ1v) is 13.6. The molecule has 3 aromatic heterocycles. The van der Waals surface area contributed by atoms with Crippen LogP contribution in [0.15, 0.2) is 42.5 Å². The number of carbonyl (C=O) groups is 1. The number of imidazole rings is 1. The number of hydrogen-bond donors (Lipinski definition) is 0. The number of carbonyl (C=O) groups excluding carboxylic acids is 1. The molecule has 1 atom stereocenters. The highest BCUT2D eigenvalue weighted by Gasteiger charge is 2.25. The molecule has 0 saturated carbocycles. The van der Waals surface area contributed by atoms with E-state index in [1.165, 1.54) is 17.4 Å². The van der Waals surface area contributed by atoms with E-state index < -0.39 is 5.82 Å². The molecule has 1 fully saturated rings. The minimum absolute atomic E-state index is 0.0749. The van der Waals surface area contributed by atoms with Gasteiger partial charge in [0.2, 0.25) is 5.88 Å². The van der Waals surface area contributed by atoms with E-state index in [-0.39, 0.29) is 12.7 Å². The second kappa shape index (κ2) is 10.9. The lowest BCUT2D eigenvalue weighted by atomic mass is 10.0. The number of rotatable bonds is 9. The number of pyridine rings is 1. The van der Waals surface area contributed by atoms with Gasteiger partial charge in [0, 0.05) is 36.3 Å². The van der Waals surface area contributed by atoms with Gasteiger partial charge in [-0.1, -0.05) is 41.1 Å². The normalized spacial score (nSPS) is 17.8. The number of fused-ring (bicyclic) bond motifs is 1. The quantitative estimate of drug-likeness (QED) is 0.265. The third-order valence-corrected chi connectivity index (χ3v) is 8.01. The van der Waals surface area contributed by atoms with Gasteiger partial charge in [0.1, 0.15) is 23.1 Å². The summed E-state index contributed by atoms with van der Waals surface area (Å²) in [5, 5.41) is 0.796. The van der Waals surface area contributed by atoms with E-state index in [1.807, 2.05) is 12.1 Å². The van der Waals surface area contributed by atoms with Crippen LogP contribution in [0, 0.1) is 5.82 Å². The molecule has 1 saturated heterocycles. The van der Waals surface area contributed by atoms with Crippen LogP contribution in [0.1, 0.15) is 39.7 Å². The van der Waals surface area contributed by atoms with Gasteiger partial charge in [0.25, 0.3) is 0 Å². The molecule has 1 aromatic carbocycles. The SMILES string of the molecule is O=Cc1nc2nc(CN3CC=C(c4cccc(OCc5ccc(Cl)cc5F)n4)CC3)n(CC3CCO3)c2s1. The molecule has 2 aliphatic heterocycles. The van der Waals surface area contributed by atoms with Crippen molar-refractivity contribution in [2.24, 2.45) is 0 Å². The van der Waals surface area contributed by atoms with Crippen molar-refractivity contribution >= 4 is 45.3 Å². The number of hydrogen-bond acceptors (Lipinski definition) is 8. The number of nitrogens with zero attached hydrogens (tertiary/aromatic N) is 5. The molecule has 0 N–H and O–H groups in total. The third kappa shape index (κ3) is 5.35. The number of aromatic nitrogens is 4. The maximum absolute atomic E-state index is 14.1. The molecule has 1 unspecified atom stereocenters. The summed E-state index contributed by atoms with van der Waals surface area (Å²) in [7, 11) is 0. The van der Waals surface area contributed by atoms with Crippen molar-refractivity contribution in [1.29, 1.82) is 0 Å². The van der Waals surface area contributed by atoms with Crippen molar-refractivity contribution < 1.29 is 18.7 Å². The lowest BCUT2D eigenvalue weighted by molar-refractivity contribution is -0.0591. The van der Waals surface area contributed by atoms with Crippen molar-refractivity contribution in [3.63, 3.8) is 0 Å². The summed E-state index contributed by atoms with van der Waals surface area (Å²) in [6.07, 6.45) is 4.99. The third-order valence-electron chi connectivity index (χ3n) is 6.78. The van der Waals surface area contributed by atoms with Gasteiger partial charge >= 0.3 is 0 Å². The highest BCUT2D eigenvalue weighted by Crippen LogP contribution is 2.28. The molecule has 196 valence electrons. The maximum atomic E-state index is 14.1. The van der Waals surface area contributed by atoms with E-state index in [0.29, 0.717) is 33.7 Å². The number of halogens is 2. The standard InChI is InChI=1S/C27H25ClFN5O3S/c28-19-5-4-18(21(29)12-19)16-37-24-3-1-2-22(30-24)17-6-9-33(10-7-17)14-23-31-26-27(38-25(15-35)32-26)34(23)13-20-8-11-36-20/h1-6,12,15,20H,7-11,13-14,16H2. The fourth-order valence-electron chi connectivity index (χ4n) is 4.61. The first-order chi connectivity index (χ1) is 18.6. The van der Waals surface area contributed by atoms with Gasteiger partial charge in [-0.15, -0.1) is 0 Å². The lowest BCUT2D eigenvalue weighted by Gasteiger charge is -2.29. The summed E-state index contributed by atoms with van der Waals surface area (Å²) in [4.78, 5) is 28.2. The van der Waals surface area contributed by atoms with Crippen molar-refractivity contribution in [3.05, 3.63) is 75.4 Å². The number of thiazole rings is 1. The Bertz CT molecular complexity index is 1520. The molecule has 0 radical (unpaired) electrons. The van der Waals surface area contributed by atoms with Gasteiger partial charge in [0.15, 0.2) is 16.9 Å². The van der Waals surface area contributed by atoms with Gasteiger partial charge in [-0.05, 0) is 36.6 Å². The van der Waals surface area contributed by atoms with Crippen molar-refractivity contribution in [2.75, 3.05) is 19.7 Å². The summed E-state index contributed by atoms with van der Waals surface area (Å²) in [6.45, 7) is 3.87. The Morgan fingerprint density at radius 1 is 1.24 bits per heavy atom. The van der Waals surface area contributed by atoms with Gasteiger partial charge in [-0.3, -0.25) is 9.69 Å². The molecule has 0 aliphatic carbocycles. The van der Waals surface area contributed by atoms with E-state index >= 15 is 0 Å². The highest BCUT2D eigenvalue weighted by molar-refractivity contribution is 7.19. The van der Waals surface area contributed by atoms with E-state index in [1.54, 1.807) is 18.2 Å². The zero-order valence-electron chi connectivity index (χ0n) is 20.5. The van der Waals surface area contributed by atoms with Gasteiger partial charge in [-0.2, -0.15) is 0 Å². The van der Waals surface area contributed by atoms with Crippen LogP contribution in [0.5, 0.6) is 5.88 Å². The minimum atomic E-state index is -0.399. The van der Waals surface area contributed by atoms with Gasteiger partial charge in [0.05, 0.1) is 24.9 Å². The largest absolute Gasteiger partial charge is 0.473 e. The van der Waals surface area contributed by atoms with Crippen LogP contribution >= 0.6 is 22.9 Å². The van der Waals surface area contributed by atoms with Crippen LogP contribution in [-0.4, -0.2) is 56.5 Å². The molecule has 38 heavy (non-hydrogen) atoms. The van der Waals surface area contributed by atoms with E-state index in [4.69, 9.17) is 26.1 Å². The molecule has 0 amide bonds. The van der Waals surface area contributed by atoms with Crippen LogP contribution in [0.25, 0.3) is 16.1 Å². The summed E-state index contributed by atoms with van der Waals surface area (Å²) in [5.74, 6) is 0.985. The maximum Gasteiger partial charge on any atom is 0.214 e. The van der Waals surface area contributed by atoms with E-state index in [2.05, 4.69) is 25.5 Å². The molecule has 0 bridgehead atoms. The lowest BCUT2D eigenvalue weighted by Crippen LogP contribution is -2.33. The second-order valence-corrected chi connectivity index (χ2v) is 10.8. The zero-order chi connectivity index (χ0) is 26.1. The molecular weight excluding hydrogens is 529 g/mol. The van der Waals surface area contributed by atoms with Crippen molar-refractivity contribution in [3.8, 4) is 5.88 Å². The number of benzene rings is 1. The molecular formula is C27H25ClFN5O3S. The highest BCUT2D eigenvalue weighted by atomic mass is 35.5. The first kappa shape index (κ1) is 25.1. The number of ether oxygens (including phenoxy) is 2. The zero-order valence-corrected chi connectivity index (χ0v) is 22.1. The van der Waals surface area contributed by atoms with E-state index in [9.17, 15) is 9.18 Å². The minimum Gasteiger partial charge on any atom is -0.473 e. The average molecular weight is 554 g/mol. The summed E-state index contributed by atoms with van der Waals surface area (Å²) >= 11 is 7.21. The number of aldehydes is 1. The molecule has 4 aromatic rings. The Morgan fingerprint density at radius 2 is 2.13 bits per heavy atom. The monoisotopic (exact) mass is 553 g/mol. The molecule has 0 spiro atoms. The summed E-state index contributed by atoms with van der Waals surface area (Å²) in [5.41, 5.74) is 3.05. The Kier molecular flexibility index (Phi) is 7.20. The molecule has 8 nitrogen and oxygen atoms in total. The topological polar surface area (TPSA) is 82.4 Å². The molecule has 5 heterocycles. The second-order valence-electron chi connectivity index (χ2n) is 9.32. The molecule has 6 rings (SSSR count). The predicted octanol–water partition coefficient (Wildman–Crippen LogP) is 5.15. The van der Waals surface area contributed by atoms with Gasteiger partial charge in [-0.25, -0.2) is 19.3 Å². The Balaban J connectivity index is 1.12. The molecule has 2 aliphatic rings. The summed E-state index contributed by atoms with van der Waals surface area (Å²) in [6, 6.07) is 10.2. The predicted molar refractivity (Wildman–Crippen MR) is 143 cm³/mol. The Hall–Kier alpha value is -3.18. The summed E-state index contributed by atoms with van der Waals surface area (Å²) < 4.78 is 27.7. The van der Waals surface area contributed by atoms with Crippen LogP contribution in [0.4, 0.5) is 4.39 Å². The molecule has 11 heteroatoms. The Labute approximate surface area is 227 Å². The average Bonchev–Trinajstić information content (AvgIpc) is 3.44. The van der Waals surface area contributed by atoms with Crippen molar-refractivity contribution in [1.82, 2.24) is 24.4 Å². The fraction of sp³-hybridized carbons (Fsp3) is 0.333. The van der Waals surface area contributed by atoms with Crippen molar-refractivity contribution in [2.45, 2.75) is 38.6 Å². The van der Waals surface area contributed by atoms with Crippen LogP contribution in [0.3, 0.4) is 0 Å². The first-order valence-electron chi connectivity index (χ1n) is 12.4. The van der Waals surface area contributed by atoms with Crippen LogP contribution in [-0.2, 0) is 24.4 Å². The van der Waals surface area contributed by atoms with Crippen LogP contribution in [0.2, 0.25) is 5.02 Å². The Morgan fingerprint density at radius 3 is 2.87 bits per heavy atom. The van der Waals surface area contributed by atoms with Gasteiger partial charge < -0.3 is 14.0 Å². The van der Waals surface area contributed by atoms with Crippen LogP contribution < -0.4 is 4.74 Å². The smallest absolute Gasteiger partial charge is 0.214 e.